The smallest absolute Gasteiger partial charge is 0.306 e. The number of hydrogen-bond acceptors (Lipinski definition) is 4. The lowest BCUT2D eigenvalue weighted by atomic mass is 9.82. The number of ether oxygens (including phenoxy) is 2. The van der Waals surface area contributed by atoms with Gasteiger partial charge in [-0.3, -0.25) is 4.79 Å². The van der Waals surface area contributed by atoms with Gasteiger partial charge in [0.25, 0.3) is 0 Å². The van der Waals surface area contributed by atoms with Crippen LogP contribution in [0.4, 0.5) is 8.78 Å². The van der Waals surface area contributed by atoms with Crippen LogP contribution in [0.1, 0.15) is 51.9 Å². The van der Waals surface area contributed by atoms with Gasteiger partial charge >= 0.3 is 11.9 Å². The Morgan fingerprint density at radius 2 is 2.14 bits per heavy atom. The fraction of sp³-hybridized carbons (Fsp3) is 0.933. The highest BCUT2D eigenvalue weighted by Crippen LogP contribution is 2.52. The van der Waals surface area contributed by atoms with E-state index in [4.69, 9.17) is 9.47 Å². The molecule has 2 aliphatic heterocycles. The quantitative estimate of drug-likeness (QED) is 0.811. The van der Waals surface area contributed by atoms with E-state index in [1.807, 2.05) is 6.92 Å². The Bertz CT molecular complexity index is 428. The summed E-state index contributed by atoms with van der Waals surface area (Å²) in [4.78, 5) is 11.3. The minimum atomic E-state index is -3.23. The molecule has 5 atom stereocenters. The average molecular weight is 304 g/mol. The van der Waals surface area contributed by atoms with Crippen LogP contribution < -0.4 is 0 Å². The number of rotatable bonds is 4. The van der Waals surface area contributed by atoms with Gasteiger partial charge in [-0.1, -0.05) is 13.3 Å². The predicted octanol–water partition coefficient (Wildman–Crippen LogP) is 2.63. The summed E-state index contributed by atoms with van der Waals surface area (Å²) in [5.74, 6) is -5.70. The summed E-state index contributed by atoms with van der Waals surface area (Å²) in [6.45, 7) is 1.84. The van der Waals surface area contributed by atoms with E-state index in [0.717, 1.165) is 0 Å². The molecule has 2 unspecified atom stereocenters. The van der Waals surface area contributed by atoms with Crippen molar-refractivity contribution in [2.24, 2.45) is 11.8 Å². The summed E-state index contributed by atoms with van der Waals surface area (Å²) in [6, 6.07) is 0. The summed E-state index contributed by atoms with van der Waals surface area (Å²) >= 11 is 0. The van der Waals surface area contributed by atoms with Crippen molar-refractivity contribution in [1.29, 1.82) is 0 Å². The monoisotopic (exact) mass is 304 g/mol. The standard InChI is InChI=1S/C15H22F2O4/c1-2-3-5-14(16,17)15(19)6-4-9-10-7-13(18)20-11(10)8-12(9)21-15/h9-12,19H,2-8H2,1H3/t9?,10-,11+,12-,15?/m1/s1. The fourth-order valence-electron chi connectivity index (χ4n) is 4.03. The molecule has 0 spiro atoms. The molecular weight excluding hydrogens is 282 g/mol. The molecule has 1 saturated carbocycles. The molecule has 2 saturated heterocycles. The number of hydrogen-bond donors (Lipinski definition) is 1. The largest absolute Gasteiger partial charge is 0.462 e. The summed E-state index contributed by atoms with van der Waals surface area (Å²) in [7, 11) is 0. The van der Waals surface area contributed by atoms with E-state index in [0.29, 0.717) is 32.1 Å². The first-order chi connectivity index (χ1) is 9.86. The fourth-order valence-corrected chi connectivity index (χ4v) is 4.03. The summed E-state index contributed by atoms with van der Waals surface area (Å²) < 4.78 is 39.1. The van der Waals surface area contributed by atoms with Gasteiger partial charge in [0.1, 0.15) is 6.10 Å². The van der Waals surface area contributed by atoms with Crippen molar-refractivity contribution >= 4 is 5.97 Å². The minimum Gasteiger partial charge on any atom is -0.462 e. The van der Waals surface area contributed by atoms with Crippen molar-refractivity contribution in [2.75, 3.05) is 0 Å². The highest BCUT2D eigenvalue weighted by molar-refractivity contribution is 5.72. The third-order valence-electron chi connectivity index (χ3n) is 5.23. The number of unbranched alkanes of at least 4 members (excludes halogenated alkanes) is 1. The van der Waals surface area contributed by atoms with E-state index in [1.165, 1.54) is 0 Å². The molecule has 0 bridgehead atoms. The molecule has 4 nitrogen and oxygen atoms in total. The molecule has 1 N–H and O–H groups in total. The predicted molar refractivity (Wildman–Crippen MR) is 69.6 cm³/mol. The zero-order chi connectivity index (χ0) is 15.3. The van der Waals surface area contributed by atoms with Crippen molar-refractivity contribution in [1.82, 2.24) is 0 Å². The van der Waals surface area contributed by atoms with Gasteiger partial charge < -0.3 is 14.6 Å². The third-order valence-corrected chi connectivity index (χ3v) is 5.23. The van der Waals surface area contributed by atoms with E-state index in [9.17, 15) is 18.7 Å². The highest BCUT2D eigenvalue weighted by Gasteiger charge is 2.61. The molecule has 6 heteroatoms. The maximum Gasteiger partial charge on any atom is 0.306 e. The Morgan fingerprint density at radius 1 is 1.38 bits per heavy atom. The lowest BCUT2D eigenvalue weighted by Crippen LogP contribution is -2.56. The normalized spacial score (nSPS) is 42.6. The molecule has 0 aromatic rings. The average Bonchev–Trinajstić information content (AvgIpc) is 2.91. The molecule has 120 valence electrons. The van der Waals surface area contributed by atoms with Crippen molar-refractivity contribution in [2.45, 2.75) is 75.8 Å². The molecule has 1 aliphatic carbocycles. The number of fused-ring (bicyclic) bond motifs is 3. The topological polar surface area (TPSA) is 55.8 Å². The van der Waals surface area contributed by atoms with E-state index in [2.05, 4.69) is 0 Å². The molecule has 21 heavy (non-hydrogen) atoms. The summed E-state index contributed by atoms with van der Waals surface area (Å²) in [6.07, 6.45) is 1.14. The number of carbonyl (C=O) groups is 1. The van der Waals surface area contributed by atoms with Crippen LogP contribution in [0.3, 0.4) is 0 Å². The van der Waals surface area contributed by atoms with E-state index in [-0.39, 0.29) is 36.8 Å². The number of aliphatic hydroxyl groups is 1. The van der Waals surface area contributed by atoms with Gasteiger partial charge in [-0.25, -0.2) is 8.78 Å². The molecule has 3 rings (SSSR count). The second-order valence-electron chi connectivity index (χ2n) is 6.58. The van der Waals surface area contributed by atoms with E-state index >= 15 is 0 Å². The second kappa shape index (κ2) is 5.16. The van der Waals surface area contributed by atoms with Crippen molar-refractivity contribution in [3.8, 4) is 0 Å². The lowest BCUT2D eigenvalue weighted by molar-refractivity contribution is -0.356. The Morgan fingerprint density at radius 3 is 2.86 bits per heavy atom. The van der Waals surface area contributed by atoms with Crippen LogP contribution in [0.2, 0.25) is 0 Å². The Hall–Kier alpha value is -0.750. The zero-order valence-corrected chi connectivity index (χ0v) is 12.2. The van der Waals surface area contributed by atoms with E-state index < -0.39 is 17.8 Å². The Kier molecular flexibility index (Phi) is 3.72. The van der Waals surface area contributed by atoms with Gasteiger partial charge in [-0.05, 0) is 18.8 Å². The van der Waals surface area contributed by atoms with Crippen LogP contribution in [0.25, 0.3) is 0 Å². The number of carbonyl (C=O) groups excluding carboxylic acids is 1. The molecule has 0 aromatic carbocycles. The second-order valence-corrected chi connectivity index (χ2v) is 6.58. The number of alkyl halides is 2. The molecular formula is C15H22F2O4. The molecule has 2 heterocycles. The van der Waals surface area contributed by atoms with Crippen LogP contribution >= 0.6 is 0 Å². The van der Waals surface area contributed by atoms with Crippen LogP contribution in [0.15, 0.2) is 0 Å². The molecule has 0 radical (unpaired) electrons. The Labute approximate surface area is 122 Å². The van der Waals surface area contributed by atoms with Crippen molar-refractivity contribution in [3.63, 3.8) is 0 Å². The SMILES string of the molecule is CCCCC(F)(F)C1(O)CCC2[C@H]3CC(=O)O[C@H]3C[C@H]2O1. The molecule has 0 aromatic heterocycles. The molecule has 3 aliphatic rings. The number of esters is 1. The maximum atomic E-state index is 14.2. The van der Waals surface area contributed by atoms with Crippen molar-refractivity contribution in [3.05, 3.63) is 0 Å². The van der Waals surface area contributed by atoms with Crippen LogP contribution in [0.5, 0.6) is 0 Å². The Balaban J connectivity index is 1.69. The summed E-state index contributed by atoms with van der Waals surface area (Å²) in [5.41, 5.74) is 0. The van der Waals surface area contributed by atoms with Crippen LogP contribution in [0, 0.1) is 11.8 Å². The third kappa shape index (κ3) is 2.46. The van der Waals surface area contributed by atoms with E-state index in [1.54, 1.807) is 0 Å². The highest BCUT2D eigenvalue weighted by atomic mass is 19.3. The van der Waals surface area contributed by atoms with Crippen LogP contribution in [-0.4, -0.2) is 35.0 Å². The minimum absolute atomic E-state index is 0.0451. The van der Waals surface area contributed by atoms with Gasteiger partial charge in [0.2, 0.25) is 5.79 Å². The number of halogens is 2. The van der Waals surface area contributed by atoms with Gasteiger partial charge in [0.15, 0.2) is 0 Å². The lowest BCUT2D eigenvalue weighted by Gasteiger charge is -2.43. The summed E-state index contributed by atoms with van der Waals surface area (Å²) in [5, 5.41) is 10.3. The van der Waals surface area contributed by atoms with Gasteiger partial charge in [0.05, 0.1) is 12.5 Å². The van der Waals surface area contributed by atoms with Gasteiger partial charge in [-0.15, -0.1) is 0 Å². The molecule has 0 amide bonds. The first-order valence-electron chi connectivity index (χ1n) is 7.84. The molecule has 3 fully saturated rings. The zero-order valence-electron chi connectivity index (χ0n) is 12.2. The first kappa shape index (κ1) is 15.2. The van der Waals surface area contributed by atoms with Gasteiger partial charge in [-0.2, -0.15) is 0 Å². The van der Waals surface area contributed by atoms with Crippen LogP contribution in [-0.2, 0) is 14.3 Å². The van der Waals surface area contributed by atoms with Crippen molar-refractivity contribution < 1.29 is 28.2 Å². The maximum absolute atomic E-state index is 14.2. The van der Waals surface area contributed by atoms with Gasteiger partial charge in [0, 0.05) is 25.2 Å². The first-order valence-corrected chi connectivity index (χ1v) is 7.84.